The number of amides is 1. The zero-order valence-corrected chi connectivity index (χ0v) is 18.3. The molecule has 3 aromatic carbocycles. The molecule has 0 aliphatic rings. The summed E-state index contributed by atoms with van der Waals surface area (Å²) < 4.78 is 38.1. The fraction of sp³-hybridized carbons (Fsp3) is 0.174. The lowest BCUT2D eigenvalue weighted by atomic mass is 10.2. The fourth-order valence-electron chi connectivity index (χ4n) is 2.91. The lowest BCUT2D eigenvalue weighted by molar-refractivity contribution is -0.114. The first kappa shape index (κ1) is 22.2. The van der Waals surface area contributed by atoms with E-state index in [-0.39, 0.29) is 4.90 Å². The summed E-state index contributed by atoms with van der Waals surface area (Å²) in [4.78, 5) is 12.8. The van der Waals surface area contributed by atoms with Crippen LogP contribution in [0.1, 0.15) is 5.56 Å². The second-order valence-electron chi connectivity index (χ2n) is 6.80. The maximum atomic E-state index is 13.4. The third-order valence-corrected chi connectivity index (χ3v) is 6.42. The first-order chi connectivity index (χ1) is 14.8. The van der Waals surface area contributed by atoms with Crippen molar-refractivity contribution in [2.24, 2.45) is 0 Å². The number of methoxy groups -OCH3 is 2. The van der Waals surface area contributed by atoms with E-state index in [9.17, 15) is 13.2 Å². The molecule has 0 saturated heterocycles. The molecule has 7 nitrogen and oxygen atoms in total. The van der Waals surface area contributed by atoms with Crippen LogP contribution in [0.3, 0.4) is 0 Å². The van der Waals surface area contributed by atoms with Crippen LogP contribution in [0.2, 0.25) is 0 Å². The van der Waals surface area contributed by atoms with E-state index >= 15 is 0 Å². The van der Waals surface area contributed by atoms with E-state index in [1.54, 1.807) is 67.8 Å². The average Bonchev–Trinajstić information content (AvgIpc) is 2.78. The van der Waals surface area contributed by atoms with Crippen LogP contribution in [0.5, 0.6) is 11.5 Å². The van der Waals surface area contributed by atoms with Gasteiger partial charge < -0.3 is 14.8 Å². The van der Waals surface area contributed by atoms with E-state index < -0.39 is 22.5 Å². The maximum absolute atomic E-state index is 13.4. The number of carbonyl (C=O) groups is 1. The van der Waals surface area contributed by atoms with Crippen molar-refractivity contribution < 1.29 is 22.7 Å². The molecule has 0 radical (unpaired) electrons. The summed E-state index contributed by atoms with van der Waals surface area (Å²) in [6.07, 6.45) is 0. The Morgan fingerprint density at radius 2 is 1.35 bits per heavy atom. The molecule has 0 fully saturated rings. The summed E-state index contributed by atoms with van der Waals surface area (Å²) in [7, 11) is -0.899. The number of carbonyl (C=O) groups excluding carboxylic acids is 1. The third-order valence-electron chi connectivity index (χ3n) is 4.63. The van der Waals surface area contributed by atoms with Crippen molar-refractivity contribution in [3.8, 4) is 11.5 Å². The number of benzene rings is 3. The quantitative estimate of drug-likeness (QED) is 0.575. The Balaban J connectivity index is 1.90. The zero-order valence-electron chi connectivity index (χ0n) is 17.5. The van der Waals surface area contributed by atoms with E-state index in [0.29, 0.717) is 22.9 Å². The minimum Gasteiger partial charge on any atom is -0.497 e. The number of hydrogen-bond donors (Lipinski definition) is 1. The Labute approximate surface area is 182 Å². The number of sulfonamides is 1. The molecule has 0 unspecified atom stereocenters. The van der Waals surface area contributed by atoms with Gasteiger partial charge in [0.05, 0.1) is 24.8 Å². The predicted octanol–water partition coefficient (Wildman–Crippen LogP) is 3.85. The van der Waals surface area contributed by atoms with Crippen molar-refractivity contribution >= 4 is 27.3 Å². The summed E-state index contributed by atoms with van der Waals surface area (Å²) in [6, 6.07) is 19.8. The van der Waals surface area contributed by atoms with Crippen molar-refractivity contribution in [3.05, 3.63) is 78.4 Å². The Kier molecular flexibility index (Phi) is 6.81. The number of hydrogen-bond acceptors (Lipinski definition) is 5. The lowest BCUT2D eigenvalue weighted by Gasteiger charge is -2.24. The molecule has 0 aromatic heterocycles. The molecule has 0 bridgehead atoms. The highest BCUT2D eigenvalue weighted by atomic mass is 32.2. The van der Waals surface area contributed by atoms with Crippen molar-refractivity contribution in [1.82, 2.24) is 0 Å². The minimum atomic E-state index is -3.98. The van der Waals surface area contributed by atoms with Crippen LogP contribution in [-0.2, 0) is 14.8 Å². The van der Waals surface area contributed by atoms with Crippen molar-refractivity contribution in [2.75, 3.05) is 30.4 Å². The number of nitrogens with zero attached hydrogens (tertiary/aromatic N) is 1. The van der Waals surface area contributed by atoms with E-state index in [1.807, 2.05) is 6.92 Å². The molecule has 0 aliphatic heterocycles. The highest BCUT2D eigenvalue weighted by molar-refractivity contribution is 7.92. The molecule has 8 heteroatoms. The van der Waals surface area contributed by atoms with Gasteiger partial charge in [-0.1, -0.05) is 17.7 Å². The van der Waals surface area contributed by atoms with E-state index in [4.69, 9.17) is 9.47 Å². The fourth-order valence-corrected chi connectivity index (χ4v) is 4.33. The van der Waals surface area contributed by atoms with Crippen molar-refractivity contribution in [3.63, 3.8) is 0 Å². The highest BCUT2D eigenvalue weighted by Gasteiger charge is 2.27. The predicted molar refractivity (Wildman–Crippen MR) is 120 cm³/mol. The van der Waals surface area contributed by atoms with Crippen LogP contribution in [0.4, 0.5) is 11.4 Å². The first-order valence-electron chi connectivity index (χ1n) is 9.51. The Morgan fingerprint density at radius 3 is 1.87 bits per heavy atom. The van der Waals surface area contributed by atoms with Crippen molar-refractivity contribution in [2.45, 2.75) is 11.8 Å². The molecule has 0 atom stereocenters. The summed E-state index contributed by atoms with van der Waals surface area (Å²) in [5.41, 5.74) is 1.83. The normalized spacial score (nSPS) is 10.9. The molecular weight excluding hydrogens is 416 g/mol. The SMILES string of the molecule is COc1ccc(NC(=O)CN(c2ccc(OC)cc2)S(=O)(=O)c2ccc(C)cc2)cc1. The molecule has 0 spiro atoms. The van der Waals surface area contributed by atoms with Gasteiger partial charge in [0, 0.05) is 5.69 Å². The number of ether oxygens (including phenoxy) is 2. The van der Waals surface area contributed by atoms with Crippen LogP contribution in [0, 0.1) is 6.92 Å². The molecule has 0 heterocycles. The van der Waals surface area contributed by atoms with Gasteiger partial charge in [-0.3, -0.25) is 9.10 Å². The largest absolute Gasteiger partial charge is 0.497 e. The van der Waals surface area contributed by atoms with Gasteiger partial charge in [0.25, 0.3) is 10.0 Å². The van der Waals surface area contributed by atoms with Crippen LogP contribution in [0.25, 0.3) is 0 Å². The lowest BCUT2D eigenvalue weighted by Crippen LogP contribution is -2.38. The summed E-state index contributed by atoms with van der Waals surface area (Å²) >= 11 is 0. The standard InChI is InChI=1S/C23H24N2O5S/c1-17-4-14-22(15-5-17)31(27,28)25(19-8-12-21(30-3)13-9-19)16-23(26)24-18-6-10-20(29-2)11-7-18/h4-15H,16H2,1-3H3,(H,24,26). The van der Waals surface area contributed by atoms with Crippen LogP contribution in [0.15, 0.2) is 77.7 Å². The number of anilines is 2. The molecular formula is C23H24N2O5S. The van der Waals surface area contributed by atoms with Gasteiger partial charge in [0.1, 0.15) is 18.0 Å². The second-order valence-corrected chi connectivity index (χ2v) is 8.66. The number of aryl methyl sites for hydroxylation is 1. The number of rotatable bonds is 8. The Hall–Kier alpha value is -3.52. The average molecular weight is 441 g/mol. The first-order valence-corrected chi connectivity index (χ1v) is 10.9. The molecule has 0 aliphatic carbocycles. The van der Waals surface area contributed by atoms with Gasteiger partial charge in [-0.2, -0.15) is 0 Å². The smallest absolute Gasteiger partial charge is 0.264 e. The van der Waals surface area contributed by atoms with Gasteiger partial charge in [-0.15, -0.1) is 0 Å². The van der Waals surface area contributed by atoms with E-state index in [1.165, 1.54) is 19.2 Å². The van der Waals surface area contributed by atoms with Gasteiger partial charge >= 0.3 is 0 Å². The molecule has 162 valence electrons. The molecule has 31 heavy (non-hydrogen) atoms. The number of nitrogens with one attached hydrogen (secondary N) is 1. The van der Waals surface area contributed by atoms with Gasteiger partial charge in [-0.25, -0.2) is 8.42 Å². The summed E-state index contributed by atoms with van der Waals surface area (Å²) in [6.45, 7) is 1.48. The molecule has 3 aromatic rings. The maximum Gasteiger partial charge on any atom is 0.264 e. The zero-order chi connectivity index (χ0) is 22.4. The van der Waals surface area contributed by atoms with Crippen LogP contribution in [-0.4, -0.2) is 35.1 Å². The van der Waals surface area contributed by atoms with E-state index in [2.05, 4.69) is 5.32 Å². The van der Waals surface area contributed by atoms with Crippen LogP contribution < -0.4 is 19.1 Å². The second kappa shape index (κ2) is 9.53. The summed E-state index contributed by atoms with van der Waals surface area (Å²) in [5.74, 6) is 0.760. The third kappa shape index (κ3) is 5.35. The van der Waals surface area contributed by atoms with E-state index in [0.717, 1.165) is 9.87 Å². The molecule has 1 N–H and O–H groups in total. The van der Waals surface area contributed by atoms with Gasteiger partial charge in [0.2, 0.25) is 5.91 Å². The monoisotopic (exact) mass is 440 g/mol. The van der Waals surface area contributed by atoms with Crippen LogP contribution >= 0.6 is 0 Å². The molecule has 3 rings (SSSR count). The Bertz CT molecular complexity index is 1130. The summed E-state index contributed by atoms with van der Waals surface area (Å²) in [5, 5.41) is 2.72. The topological polar surface area (TPSA) is 84.9 Å². The molecule has 1 amide bonds. The van der Waals surface area contributed by atoms with Gasteiger partial charge in [0.15, 0.2) is 0 Å². The minimum absolute atomic E-state index is 0.103. The highest BCUT2D eigenvalue weighted by Crippen LogP contribution is 2.26. The van der Waals surface area contributed by atoms with Crippen molar-refractivity contribution in [1.29, 1.82) is 0 Å². The molecule has 0 saturated carbocycles. The Morgan fingerprint density at radius 1 is 0.839 bits per heavy atom. The van der Waals surface area contributed by atoms with Gasteiger partial charge in [-0.05, 0) is 67.6 Å².